The predicted octanol–water partition coefficient (Wildman–Crippen LogP) is 0.493. The van der Waals surface area contributed by atoms with Crippen molar-refractivity contribution in [3.8, 4) is 0 Å². The van der Waals surface area contributed by atoms with Gasteiger partial charge in [-0.05, 0) is 5.56 Å². The molecule has 0 atom stereocenters. The quantitative estimate of drug-likeness (QED) is 0.751. The van der Waals surface area contributed by atoms with Gasteiger partial charge in [-0.2, -0.15) is 0 Å². The summed E-state index contributed by atoms with van der Waals surface area (Å²) in [4.78, 5) is 23.9. The third kappa shape index (κ3) is 5.87. The lowest BCUT2D eigenvalue weighted by molar-refractivity contribution is -0.118. The highest BCUT2D eigenvalue weighted by molar-refractivity contribution is 5.75. The van der Waals surface area contributed by atoms with Gasteiger partial charge in [-0.1, -0.05) is 30.3 Å². The third-order valence-electron chi connectivity index (χ3n) is 2.42. The number of nitrogens with two attached hydrogens (primary N) is 1. The first kappa shape index (κ1) is 15.0. The molecule has 0 saturated heterocycles. The van der Waals surface area contributed by atoms with E-state index in [2.05, 4.69) is 0 Å². The third-order valence-corrected chi connectivity index (χ3v) is 2.42. The number of carbonyl (C=O) groups is 2. The van der Waals surface area contributed by atoms with Crippen molar-refractivity contribution in [2.45, 2.75) is 13.0 Å². The largest absolute Gasteiger partial charge is 0.447 e. The number of ether oxygens (including phenoxy) is 1. The summed E-state index contributed by atoms with van der Waals surface area (Å²) < 4.78 is 4.84. The lowest BCUT2D eigenvalue weighted by Gasteiger charge is -2.21. The number of nitrogens with zero attached hydrogens (tertiary/aromatic N) is 1. The molecule has 1 rings (SSSR count). The summed E-state index contributed by atoms with van der Waals surface area (Å²) in [5, 5.41) is 8.63. The summed E-state index contributed by atoms with van der Waals surface area (Å²) in [6.07, 6.45) is -0.500. The molecule has 0 aliphatic carbocycles. The van der Waals surface area contributed by atoms with E-state index in [1.807, 2.05) is 30.3 Å². The predicted molar refractivity (Wildman–Crippen MR) is 69.1 cm³/mol. The zero-order chi connectivity index (χ0) is 14.1. The van der Waals surface area contributed by atoms with Crippen LogP contribution in [-0.2, 0) is 16.1 Å². The maximum atomic E-state index is 11.8. The fourth-order valence-corrected chi connectivity index (χ4v) is 1.51. The first-order valence-electron chi connectivity index (χ1n) is 5.98. The Balaban J connectivity index is 2.62. The molecule has 6 heteroatoms. The molecule has 0 heterocycles. The summed E-state index contributed by atoms with van der Waals surface area (Å²) >= 11 is 0. The highest BCUT2D eigenvalue weighted by atomic mass is 16.6. The fourth-order valence-electron chi connectivity index (χ4n) is 1.51. The van der Waals surface area contributed by atoms with Gasteiger partial charge in [0, 0.05) is 19.5 Å². The van der Waals surface area contributed by atoms with Crippen LogP contribution in [0.2, 0.25) is 0 Å². The molecular formula is C13H18N2O4. The molecule has 0 bridgehead atoms. The van der Waals surface area contributed by atoms with E-state index in [-0.39, 0.29) is 26.2 Å². The Morgan fingerprint density at radius 3 is 2.53 bits per heavy atom. The van der Waals surface area contributed by atoms with E-state index in [0.717, 1.165) is 5.56 Å². The van der Waals surface area contributed by atoms with Gasteiger partial charge in [0.1, 0.15) is 6.61 Å². The fraction of sp³-hybridized carbons (Fsp3) is 0.385. The number of amides is 2. The number of carbonyl (C=O) groups excluding carboxylic acids is 2. The molecule has 104 valence electrons. The first-order chi connectivity index (χ1) is 9.13. The molecule has 3 N–H and O–H groups in total. The number of benzene rings is 1. The standard InChI is InChI=1S/C13H18N2O4/c14-12(17)6-7-15(13(18)19-9-8-16)10-11-4-2-1-3-5-11/h1-5,16H,6-10H2,(H2,14,17). The minimum atomic E-state index is -0.570. The maximum absolute atomic E-state index is 11.8. The molecule has 19 heavy (non-hydrogen) atoms. The Kier molecular flexibility index (Phi) is 6.38. The second kappa shape index (κ2) is 8.10. The molecule has 0 radical (unpaired) electrons. The van der Waals surface area contributed by atoms with E-state index in [9.17, 15) is 9.59 Å². The van der Waals surface area contributed by atoms with Gasteiger partial charge in [-0.15, -0.1) is 0 Å². The van der Waals surface area contributed by atoms with Crippen molar-refractivity contribution in [2.75, 3.05) is 19.8 Å². The van der Waals surface area contributed by atoms with E-state index in [1.54, 1.807) is 0 Å². The normalized spacial score (nSPS) is 9.95. The van der Waals surface area contributed by atoms with E-state index in [0.29, 0.717) is 6.54 Å². The van der Waals surface area contributed by atoms with Gasteiger partial charge in [0.2, 0.25) is 5.91 Å². The van der Waals surface area contributed by atoms with Gasteiger partial charge in [-0.25, -0.2) is 4.79 Å². The van der Waals surface area contributed by atoms with Crippen molar-refractivity contribution < 1.29 is 19.4 Å². The van der Waals surface area contributed by atoms with Gasteiger partial charge in [0.25, 0.3) is 0 Å². The Morgan fingerprint density at radius 2 is 1.95 bits per heavy atom. The van der Waals surface area contributed by atoms with E-state index in [1.165, 1.54) is 4.90 Å². The lowest BCUT2D eigenvalue weighted by atomic mass is 10.2. The summed E-state index contributed by atoms with van der Waals surface area (Å²) in [6.45, 7) is 0.217. The number of primary amides is 1. The van der Waals surface area contributed by atoms with Gasteiger partial charge in [0.15, 0.2) is 0 Å². The van der Waals surface area contributed by atoms with Crippen LogP contribution >= 0.6 is 0 Å². The van der Waals surface area contributed by atoms with Crippen LogP contribution in [0.4, 0.5) is 4.79 Å². The second-order valence-electron chi connectivity index (χ2n) is 3.96. The molecule has 0 aromatic heterocycles. The van der Waals surface area contributed by atoms with Crippen LogP contribution in [-0.4, -0.2) is 41.8 Å². The molecule has 1 aromatic carbocycles. The average molecular weight is 266 g/mol. The summed E-state index contributed by atoms with van der Waals surface area (Å²) in [6, 6.07) is 9.34. The topological polar surface area (TPSA) is 92.9 Å². The lowest BCUT2D eigenvalue weighted by Crippen LogP contribution is -2.34. The smallest absolute Gasteiger partial charge is 0.410 e. The SMILES string of the molecule is NC(=O)CCN(Cc1ccccc1)C(=O)OCCO. The van der Waals surface area contributed by atoms with E-state index in [4.69, 9.17) is 15.6 Å². The Hall–Kier alpha value is -2.08. The average Bonchev–Trinajstić information content (AvgIpc) is 2.41. The Bertz CT molecular complexity index is 408. The van der Waals surface area contributed by atoms with Gasteiger partial charge in [0.05, 0.1) is 6.61 Å². The van der Waals surface area contributed by atoms with Crippen molar-refractivity contribution in [1.29, 1.82) is 0 Å². The van der Waals surface area contributed by atoms with Gasteiger partial charge >= 0.3 is 6.09 Å². The van der Waals surface area contributed by atoms with Crippen molar-refractivity contribution in [3.63, 3.8) is 0 Å². The van der Waals surface area contributed by atoms with Crippen LogP contribution in [0, 0.1) is 0 Å². The van der Waals surface area contributed by atoms with E-state index >= 15 is 0 Å². The van der Waals surface area contributed by atoms with Crippen LogP contribution < -0.4 is 5.73 Å². The minimum absolute atomic E-state index is 0.0688. The molecule has 2 amide bonds. The zero-order valence-electron chi connectivity index (χ0n) is 10.6. The minimum Gasteiger partial charge on any atom is -0.447 e. The Morgan fingerprint density at radius 1 is 1.26 bits per heavy atom. The molecule has 0 fully saturated rings. The number of aliphatic hydroxyl groups is 1. The van der Waals surface area contributed by atoms with Crippen molar-refractivity contribution >= 4 is 12.0 Å². The monoisotopic (exact) mass is 266 g/mol. The van der Waals surface area contributed by atoms with Gasteiger partial charge < -0.3 is 20.5 Å². The van der Waals surface area contributed by atoms with Crippen LogP contribution in [0.25, 0.3) is 0 Å². The highest BCUT2D eigenvalue weighted by Crippen LogP contribution is 2.06. The number of hydrogen-bond donors (Lipinski definition) is 2. The summed E-state index contributed by atoms with van der Waals surface area (Å²) in [5.74, 6) is -0.479. The molecule has 6 nitrogen and oxygen atoms in total. The van der Waals surface area contributed by atoms with Crippen LogP contribution in [0.15, 0.2) is 30.3 Å². The van der Waals surface area contributed by atoms with Crippen molar-refractivity contribution in [2.24, 2.45) is 5.73 Å². The Labute approximate surface area is 111 Å². The van der Waals surface area contributed by atoms with Crippen molar-refractivity contribution in [3.05, 3.63) is 35.9 Å². The molecule has 0 aliphatic heterocycles. The molecule has 0 aliphatic rings. The van der Waals surface area contributed by atoms with E-state index < -0.39 is 12.0 Å². The highest BCUT2D eigenvalue weighted by Gasteiger charge is 2.15. The van der Waals surface area contributed by atoms with Crippen LogP contribution in [0.1, 0.15) is 12.0 Å². The molecular weight excluding hydrogens is 248 g/mol. The second-order valence-corrected chi connectivity index (χ2v) is 3.96. The summed E-state index contributed by atoms with van der Waals surface area (Å²) in [5.41, 5.74) is 6.00. The summed E-state index contributed by atoms with van der Waals surface area (Å²) in [7, 11) is 0. The van der Waals surface area contributed by atoms with Crippen molar-refractivity contribution in [1.82, 2.24) is 4.90 Å². The molecule has 1 aromatic rings. The van der Waals surface area contributed by atoms with Crippen LogP contribution in [0.3, 0.4) is 0 Å². The zero-order valence-corrected chi connectivity index (χ0v) is 10.6. The molecule has 0 saturated carbocycles. The van der Waals surface area contributed by atoms with Crippen LogP contribution in [0.5, 0.6) is 0 Å². The number of rotatable bonds is 7. The number of aliphatic hydroxyl groups excluding tert-OH is 1. The molecule has 0 spiro atoms. The number of hydrogen-bond acceptors (Lipinski definition) is 4. The van der Waals surface area contributed by atoms with Gasteiger partial charge in [-0.3, -0.25) is 4.79 Å². The molecule has 0 unspecified atom stereocenters. The maximum Gasteiger partial charge on any atom is 0.410 e. The first-order valence-corrected chi connectivity index (χ1v) is 5.98.